The highest BCUT2D eigenvalue weighted by Crippen LogP contribution is 2.38. The molecular formula is C13H17BrN2O2. The van der Waals surface area contributed by atoms with Crippen LogP contribution >= 0.6 is 15.9 Å². The highest BCUT2D eigenvalue weighted by Gasteiger charge is 2.43. The summed E-state index contributed by atoms with van der Waals surface area (Å²) in [4.78, 5) is 14.1. The van der Waals surface area contributed by atoms with Crippen molar-refractivity contribution in [3.63, 3.8) is 0 Å². The number of carbonyl (C=O) groups is 1. The summed E-state index contributed by atoms with van der Waals surface area (Å²) in [7, 11) is 0. The van der Waals surface area contributed by atoms with E-state index >= 15 is 0 Å². The fourth-order valence-electron chi connectivity index (χ4n) is 2.47. The molecular weight excluding hydrogens is 296 g/mol. The molecule has 4 nitrogen and oxygen atoms in total. The zero-order chi connectivity index (χ0) is 12.9. The fourth-order valence-corrected chi connectivity index (χ4v) is 2.90. The molecule has 0 unspecified atom stereocenters. The first-order valence-electron chi connectivity index (χ1n) is 6.41. The second kappa shape index (κ2) is 4.10. The smallest absolute Gasteiger partial charge is 0.270 e. The van der Waals surface area contributed by atoms with Crippen molar-refractivity contribution in [1.82, 2.24) is 9.47 Å². The second-order valence-corrected chi connectivity index (χ2v) is 6.34. The molecule has 1 amide bonds. The third-order valence-electron chi connectivity index (χ3n) is 3.89. The Kier molecular flexibility index (Phi) is 2.79. The minimum Gasteiger partial charge on any atom is -0.386 e. The molecule has 1 aromatic heterocycles. The van der Waals surface area contributed by atoms with E-state index < -0.39 is 5.60 Å². The van der Waals surface area contributed by atoms with Crippen molar-refractivity contribution < 1.29 is 9.90 Å². The molecule has 2 fully saturated rings. The van der Waals surface area contributed by atoms with E-state index in [1.807, 2.05) is 19.2 Å². The van der Waals surface area contributed by atoms with Crippen LogP contribution in [-0.2, 0) is 0 Å². The van der Waals surface area contributed by atoms with Crippen LogP contribution in [-0.4, -0.2) is 39.2 Å². The predicted octanol–water partition coefficient (Wildman–Crippen LogP) is 2.18. The van der Waals surface area contributed by atoms with Gasteiger partial charge in [0.2, 0.25) is 0 Å². The van der Waals surface area contributed by atoms with E-state index in [-0.39, 0.29) is 5.91 Å². The van der Waals surface area contributed by atoms with Gasteiger partial charge in [0.15, 0.2) is 0 Å². The van der Waals surface area contributed by atoms with Gasteiger partial charge in [0, 0.05) is 16.7 Å². The van der Waals surface area contributed by atoms with Gasteiger partial charge in [0.1, 0.15) is 5.69 Å². The van der Waals surface area contributed by atoms with Crippen molar-refractivity contribution in [3.05, 3.63) is 22.4 Å². The Hall–Kier alpha value is -0.810. The zero-order valence-electron chi connectivity index (χ0n) is 10.4. The van der Waals surface area contributed by atoms with Gasteiger partial charge in [-0.1, -0.05) is 6.92 Å². The first kappa shape index (κ1) is 12.2. The van der Waals surface area contributed by atoms with E-state index in [1.165, 1.54) is 0 Å². The number of likely N-dealkylation sites (tertiary alicyclic amines) is 1. The van der Waals surface area contributed by atoms with Crippen LogP contribution in [0.25, 0.3) is 0 Å². The quantitative estimate of drug-likeness (QED) is 0.930. The summed E-state index contributed by atoms with van der Waals surface area (Å²) < 4.78 is 3.01. The molecule has 5 heteroatoms. The summed E-state index contributed by atoms with van der Waals surface area (Å²) in [5.41, 5.74) is 0.0757. The van der Waals surface area contributed by atoms with Crippen molar-refractivity contribution in [1.29, 1.82) is 0 Å². The van der Waals surface area contributed by atoms with E-state index in [0.29, 0.717) is 25.6 Å². The van der Waals surface area contributed by atoms with Crippen LogP contribution < -0.4 is 0 Å². The summed E-state index contributed by atoms with van der Waals surface area (Å²) in [5.74, 6) is 0.0331. The number of carbonyl (C=O) groups excluding carboxylic acids is 1. The van der Waals surface area contributed by atoms with Crippen LogP contribution in [0, 0.1) is 0 Å². The lowest BCUT2D eigenvalue weighted by atomic mass is 9.91. The molecule has 0 radical (unpaired) electrons. The van der Waals surface area contributed by atoms with Gasteiger partial charge in [0.25, 0.3) is 5.91 Å². The summed E-state index contributed by atoms with van der Waals surface area (Å²) in [6.45, 7) is 2.86. The summed E-state index contributed by atoms with van der Waals surface area (Å²) in [6.07, 6.45) is 4.99. The van der Waals surface area contributed by atoms with E-state index in [0.717, 1.165) is 23.0 Å². The number of halogens is 1. The van der Waals surface area contributed by atoms with Crippen molar-refractivity contribution in [3.8, 4) is 0 Å². The average Bonchev–Trinajstić information content (AvgIpc) is 3.07. The number of amides is 1. The number of rotatable bonds is 3. The van der Waals surface area contributed by atoms with Crippen LogP contribution in [0.5, 0.6) is 0 Å². The second-order valence-electron chi connectivity index (χ2n) is 5.42. The van der Waals surface area contributed by atoms with Crippen molar-refractivity contribution in [2.75, 3.05) is 13.1 Å². The Balaban J connectivity index is 1.77. The van der Waals surface area contributed by atoms with Gasteiger partial charge >= 0.3 is 0 Å². The maximum Gasteiger partial charge on any atom is 0.270 e. The topological polar surface area (TPSA) is 45.5 Å². The van der Waals surface area contributed by atoms with Gasteiger partial charge in [0.05, 0.1) is 18.7 Å². The molecule has 2 aliphatic rings. The average molecular weight is 313 g/mol. The lowest BCUT2D eigenvalue weighted by molar-refractivity contribution is -0.0829. The maximum atomic E-state index is 12.4. The standard InChI is InChI=1S/C13H17BrN2O2/c1-2-13(18)7-15(8-13)12(17)11-5-9(14)6-16(11)10-3-4-10/h5-6,10,18H,2-4,7-8H2,1H3. The molecule has 3 rings (SSSR count). The molecule has 1 aliphatic heterocycles. The highest BCUT2D eigenvalue weighted by molar-refractivity contribution is 9.10. The largest absolute Gasteiger partial charge is 0.386 e. The number of nitrogens with zero attached hydrogens (tertiary/aromatic N) is 2. The highest BCUT2D eigenvalue weighted by atomic mass is 79.9. The Bertz CT molecular complexity index is 487. The molecule has 0 aromatic carbocycles. The minimum atomic E-state index is -0.663. The fraction of sp³-hybridized carbons (Fsp3) is 0.615. The molecule has 1 saturated heterocycles. The third-order valence-corrected chi connectivity index (χ3v) is 4.32. The summed E-state index contributed by atoms with van der Waals surface area (Å²) >= 11 is 3.43. The van der Waals surface area contributed by atoms with Crippen LogP contribution in [0.4, 0.5) is 0 Å². The summed E-state index contributed by atoms with van der Waals surface area (Å²) in [5, 5.41) is 9.97. The molecule has 0 spiro atoms. The monoisotopic (exact) mass is 312 g/mol. The van der Waals surface area contributed by atoms with Crippen LogP contribution in [0.15, 0.2) is 16.7 Å². The lowest BCUT2D eigenvalue weighted by Crippen LogP contribution is -2.63. The molecule has 2 heterocycles. The van der Waals surface area contributed by atoms with Crippen molar-refractivity contribution in [2.24, 2.45) is 0 Å². The van der Waals surface area contributed by atoms with Crippen LogP contribution in [0.3, 0.4) is 0 Å². The minimum absolute atomic E-state index is 0.0331. The first-order chi connectivity index (χ1) is 8.52. The molecule has 98 valence electrons. The van der Waals surface area contributed by atoms with Crippen molar-refractivity contribution >= 4 is 21.8 Å². The Morgan fingerprint density at radius 3 is 2.78 bits per heavy atom. The molecule has 1 aliphatic carbocycles. The molecule has 18 heavy (non-hydrogen) atoms. The number of hydrogen-bond acceptors (Lipinski definition) is 2. The van der Waals surface area contributed by atoms with Crippen molar-refractivity contribution in [2.45, 2.75) is 37.8 Å². The van der Waals surface area contributed by atoms with Gasteiger partial charge in [-0.15, -0.1) is 0 Å². The maximum absolute atomic E-state index is 12.4. The van der Waals surface area contributed by atoms with Crippen LogP contribution in [0.1, 0.15) is 42.7 Å². The van der Waals surface area contributed by atoms with E-state index in [2.05, 4.69) is 20.5 Å². The first-order valence-corrected chi connectivity index (χ1v) is 7.21. The number of hydrogen-bond donors (Lipinski definition) is 1. The summed E-state index contributed by atoms with van der Waals surface area (Å²) in [6, 6.07) is 2.37. The Morgan fingerprint density at radius 2 is 2.22 bits per heavy atom. The number of aliphatic hydroxyl groups is 1. The third kappa shape index (κ3) is 1.99. The van der Waals surface area contributed by atoms with Gasteiger partial charge < -0.3 is 14.6 Å². The van der Waals surface area contributed by atoms with E-state index in [9.17, 15) is 9.90 Å². The number of aromatic nitrogens is 1. The van der Waals surface area contributed by atoms with Gasteiger partial charge in [-0.2, -0.15) is 0 Å². The lowest BCUT2D eigenvalue weighted by Gasteiger charge is -2.46. The number of β-amino-alcohol motifs (C(OH)–C–C–N with tert-alkyl or cyclic N) is 1. The Morgan fingerprint density at radius 1 is 1.56 bits per heavy atom. The molecule has 1 aromatic rings. The predicted molar refractivity (Wildman–Crippen MR) is 71.5 cm³/mol. The molecule has 0 bridgehead atoms. The van der Waals surface area contributed by atoms with Crippen LogP contribution in [0.2, 0.25) is 0 Å². The van der Waals surface area contributed by atoms with E-state index in [1.54, 1.807) is 4.90 Å². The Labute approximate surface area is 115 Å². The zero-order valence-corrected chi connectivity index (χ0v) is 12.0. The normalized spacial score (nSPS) is 21.8. The molecule has 1 saturated carbocycles. The molecule has 1 N–H and O–H groups in total. The van der Waals surface area contributed by atoms with Gasteiger partial charge in [-0.25, -0.2) is 0 Å². The van der Waals surface area contributed by atoms with E-state index in [4.69, 9.17) is 0 Å². The molecule has 0 atom stereocenters. The SMILES string of the molecule is CCC1(O)CN(C(=O)c2cc(Br)cn2C2CC2)C1. The van der Waals surface area contributed by atoms with Gasteiger partial charge in [-0.3, -0.25) is 4.79 Å². The van der Waals surface area contributed by atoms with Gasteiger partial charge in [-0.05, 0) is 41.3 Å².